The van der Waals surface area contributed by atoms with Crippen LogP contribution in [0.15, 0.2) is 35.9 Å². The van der Waals surface area contributed by atoms with Gasteiger partial charge in [0.05, 0.1) is 0 Å². The molecule has 0 aromatic heterocycles. The Morgan fingerprint density at radius 3 is 2.26 bits per heavy atom. The minimum atomic E-state index is 0.960. The average molecular weight is 313 g/mol. The molecule has 0 spiro atoms. The molecule has 1 aromatic carbocycles. The minimum absolute atomic E-state index is 0.960. The molecule has 1 aliphatic rings. The second-order valence-corrected chi connectivity index (χ2v) is 7.46. The monoisotopic (exact) mass is 312 g/mol. The Hall–Kier alpha value is -1.04. The molecular formula is C23H36. The van der Waals surface area contributed by atoms with E-state index in [9.17, 15) is 0 Å². The summed E-state index contributed by atoms with van der Waals surface area (Å²) in [6.45, 7) is 4.40. The van der Waals surface area contributed by atoms with Crippen LogP contribution in [0.25, 0.3) is 0 Å². The Morgan fingerprint density at radius 1 is 0.957 bits per heavy atom. The third-order valence-electron chi connectivity index (χ3n) is 5.53. The topological polar surface area (TPSA) is 0 Å². The standard InChI is InChI=1S/C23H36/c1-3-22-17-18-23(22)16-11-9-7-5-4-6-8-10-14-21-15-12-13-20(2)19-21/h3,12-13,15,19,23H,4-11,14,16-18H2,1-2H3/b22-3-. The van der Waals surface area contributed by atoms with E-state index < -0.39 is 0 Å². The molecule has 0 heterocycles. The van der Waals surface area contributed by atoms with Crippen molar-refractivity contribution in [3.63, 3.8) is 0 Å². The summed E-state index contributed by atoms with van der Waals surface area (Å²) in [4.78, 5) is 0. The first-order valence-corrected chi connectivity index (χ1v) is 10.00. The van der Waals surface area contributed by atoms with Crippen LogP contribution in [-0.4, -0.2) is 0 Å². The molecule has 0 N–H and O–H groups in total. The van der Waals surface area contributed by atoms with Crippen LogP contribution in [-0.2, 0) is 6.42 Å². The zero-order chi connectivity index (χ0) is 16.3. The third-order valence-corrected chi connectivity index (χ3v) is 5.53. The predicted octanol–water partition coefficient (Wildman–Crippen LogP) is 7.40. The number of allylic oxidation sites excluding steroid dienone is 2. The lowest BCUT2D eigenvalue weighted by Crippen LogP contribution is -2.15. The highest BCUT2D eigenvalue weighted by molar-refractivity contribution is 5.22. The van der Waals surface area contributed by atoms with Crippen molar-refractivity contribution in [2.75, 3.05) is 0 Å². The van der Waals surface area contributed by atoms with Crippen LogP contribution in [0.1, 0.15) is 88.7 Å². The molecule has 0 nitrogen and oxygen atoms in total. The molecule has 0 radical (unpaired) electrons. The van der Waals surface area contributed by atoms with Gasteiger partial charge in [-0.2, -0.15) is 0 Å². The van der Waals surface area contributed by atoms with Crippen LogP contribution >= 0.6 is 0 Å². The maximum Gasteiger partial charge on any atom is -0.0200 e. The van der Waals surface area contributed by atoms with Gasteiger partial charge in [0, 0.05) is 0 Å². The Kier molecular flexibility index (Phi) is 8.50. The van der Waals surface area contributed by atoms with Gasteiger partial charge in [-0.25, -0.2) is 0 Å². The van der Waals surface area contributed by atoms with E-state index in [2.05, 4.69) is 44.2 Å². The number of hydrogen-bond acceptors (Lipinski definition) is 0. The van der Waals surface area contributed by atoms with Crippen molar-refractivity contribution in [2.24, 2.45) is 5.92 Å². The van der Waals surface area contributed by atoms with Gasteiger partial charge in [-0.05, 0) is 57.4 Å². The molecule has 2 rings (SSSR count). The molecule has 0 amide bonds. The maximum absolute atomic E-state index is 2.35. The molecule has 1 aromatic rings. The second kappa shape index (κ2) is 10.7. The molecule has 1 unspecified atom stereocenters. The smallest absolute Gasteiger partial charge is 0.0200 e. The van der Waals surface area contributed by atoms with Crippen LogP contribution in [0, 0.1) is 12.8 Å². The molecule has 1 saturated carbocycles. The van der Waals surface area contributed by atoms with E-state index in [1.54, 1.807) is 5.57 Å². The third kappa shape index (κ3) is 6.94. The van der Waals surface area contributed by atoms with Crippen LogP contribution < -0.4 is 0 Å². The molecular weight excluding hydrogens is 276 g/mol. The van der Waals surface area contributed by atoms with Crippen molar-refractivity contribution >= 4 is 0 Å². The van der Waals surface area contributed by atoms with E-state index in [1.165, 1.54) is 88.2 Å². The highest BCUT2D eigenvalue weighted by atomic mass is 14.3. The predicted molar refractivity (Wildman–Crippen MR) is 103 cm³/mol. The molecule has 0 saturated heterocycles. The van der Waals surface area contributed by atoms with Gasteiger partial charge in [0.25, 0.3) is 0 Å². The van der Waals surface area contributed by atoms with Gasteiger partial charge in [0.2, 0.25) is 0 Å². The Morgan fingerprint density at radius 2 is 1.65 bits per heavy atom. The van der Waals surface area contributed by atoms with Crippen molar-refractivity contribution in [1.29, 1.82) is 0 Å². The highest BCUT2D eigenvalue weighted by Gasteiger charge is 2.21. The normalized spacial score (nSPS) is 19.0. The number of benzene rings is 1. The number of unbranched alkanes of at least 4 members (excludes halogenated alkanes) is 7. The second-order valence-electron chi connectivity index (χ2n) is 7.46. The fraction of sp³-hybridized carbons (Fsp3) is 0.652. The van der Waals surface area contributed by atoms with E-state index in [0.29, 0.717) is 0 Å². The Bertz CT molecular complexity index is 469. The van der Waals surface area contributed by atoms with E-state index in [4.69, 9.17) is 0 Å². The van der Waals surface area contributed by atoms with Gasteiger partial charge in [0.15, 0.2) is 0 Å². The molecule has 23 heavy (non-hydrogen) atoms. The van der Waals surface area contributed by atoms with Crippen LogP contribution in [0.4, 0.5) is 0 Å². The largest absolute Gasteiger partial charge is 0.0882 e. The summed E-state index contributed by atoms with van der Waals surface area (Å²) in [7, 11) is 0. The quantitative estimate of drug-likeness (QED) is 0.295. The summed E-state index contributed by atoms with van der Waals surface area (Å²) in [5.41, 5.74) is 4.64. The molecule has 1 atom stereocenters. The first-order valence-electron chi connectivity index (χ1n) is 10.00. The number of rotatable bonds is 11. The lowest BCUT2D eigenvalue weighted by Gasteiger charge is -2.29. The zero-order valence-electron chi connectivity index (χ0n) is 15.4. The minimum Gasteiger partial charge on any atom is -0.0882 e. The molecule has 128 valence electrons. The van der Waals surface area contributed by atoms with Gasteiger partial charge < -0.3 is 0 Å². The molecule has 0 aliphatic heterocycles. The average Bonchev–Trinajstić information content (AvgIpc) is 2.52. The molecule has 1 aliphatic carbocycles. The lowest BCUT2D eigenvalue weighted by atomic mass is 9.76. The molecule has 0 heteroatoms. The van der Waals surface area contributed by atoms with Crippen molar-refractivity contribution in [2.45, 2.75) is 90.9 Å². The Labute approximate surface area is 144 Å². The van der Waals surface area contributed by atoms with E-state index in [-0.39, 0.29) is 0 Å². The van der Waals surface area contributed by atoms with Gasteiger partial charge in [-0.15, -0.1) is 0 Å². The van der Waals surface area contributed by atoms with Crippen molar-refractivity contribution < 1.29 is 0 Å². The van der Waals surface area contributed by atoms with Crippen LogP contribution in [0.2, 0.25) is 0 Å². The number of hydrogen-bond donors (Lipinski definition) is 0. The Balaban J connectivity index is 1.37. The van der Waals surface area contributed by atoms with Gasteiger partial charge in [-0.1, -0.05) is 86.4 Å². The molecule has 0 bridgehead atoms. The zero-order valence-corrected chi connectivity index (χ0v) is 15.4. The van der Waals surface area contributed by atoms with Crippen molar-refractivity contribution in [3.8, 4) is 0 Å². The summed E-state index contributed by atoms with van der Waals surface area (Å²) >= 11 is 0. The van der Waals surface area contributed by atoms with E-state index >= 15 is 0 Å². The first-order chi connectivity index (χ1) is 11.3. The van der Waals surface area contributed by atoms with Crippen LogP contribution in [0.3, 0.4) is 0 Å². The van der Waals surface area contributed by atoms with Gasteiger partial charge in [-0.3, -0.25) is 0 Å². The van der Waals surface area contributed by atoms with Crippen LogP contribution in [0.5, 0.6) is 0 Å². The first kappa shape index (κ1) is 18.3. The van der Waals surface area contributed by atoms with Gasteiger partial charge in [0.1, 0.15) is 0 Å². The highest BCUT2D eigenvalue weighted by Crippen LogP contribution is 2.37. The van der Waals surface area contributed by atoms with E-state index in [0.717, 1.165) is 5.92 Å². The SMILES string of the molecule is C/C=C1/CCC1CCCCCCCCCCc1cccc(C)c1. The lowest BCUT2D eigenvalue weighted by molar-refractivity contribution is 0.392. The maximum atomic E-state index is 2.35. The summed E-state index contributed by atoms with van der Waals surface area (Å²) < 4.78 is 0. The molecule has 1 fully saturated rings. The van der Waals surface area contributed by atoms with E-state index in [1.807, 2.05) is 0 Å². The van der Waals surface area contributed by atoms with Crippen molar-refractivity contribution in [1.82, 2.24) is 0 Å². The summed E-state index contributed by atoms with van der Waals surface area (Å²) in [5.74, 6) is 0.960. The van der Waals surface area contributed by atoms with Crippen molar-refractivity contribution in [3.05, 3.63) is 47.0 Å². The summed E-state index contributed by atoms with van der Waals surface area (Å²) in [6.07, 6.45) is 19.3. The van der Waals surface area contributed by atoms with Gasteiger partial charge >= 0.3 is 0 Å². The number of aryl methyl sites for hydroxylation is 2. The fourth-order valence-electron chi connectivity index (χ4n) is 3.87. The summed E-state index contributed by atoms with van der Waals surface area (Å²) in [5, 5.41) is 0. The fourth-order valence-corrected chi connectivity index (χ4v) is 3.87. The summed E-state index contributed by atoms with van der Waals surface area (Å²) in [6, 6.07) is 8.98.